The molecule has 1 aliphatic rings. The maximum absolute atomic E-state index is 12.4. The van der Waals surface area contributed by atoms with Crippen LogP contribution in [0.15, 0.2) is 42.5 Å². The molecule has 2 aromatic carbocycles. The summed E-state index contributed by atoms with van der Waals surface area (Å²) < 4.78 is 11.9. The standard InChI is InChI=1S/C18H20O4Si/c1-23(2,3)22-13-9-14(19)18-15(20)11-16(21-17(18)10-13)12-7-5-4-6-8-12/h4-10,16,19H,11H2,1-3H3. The summed E-state index contributed by atoms with van der Waals surface area (Å²) in [6.07, 6.45) is -0.114. The fourth-order valence-corrected chi connectivity index (χ4v) is 3.51. The van der Waals surface area contributed by atoms with Crippen molar-refractivity contribution in [2.75, 3.05) is 0 Å². The second-order valence-electron chi connectivity index (χ2n) is 6.67. The number of carbonyl (C=O) groups excluding carboxylic acids is 1. The van der Waals surface area contributed by atoms with Crippen LogP contribution in [-0.2, 0) is 0 Å². The molecule has 1 atom stereocenters. The van der Waals surface area contributed by atoms with E-state index in [9.17, 15) is 9.90 Å². The molecule has 0 spiro atoms. The van der Waals surface area contributed by atoms with Crippen molar-refractivity contribution in [3.63, 3.8) is 0 Å². The van der Waals surface area contributed by atoms with E-state index in [1.165, 1.54) is 6.07 Å². The molecule has 2 aromatic rings. The van der Waals surface area contributed by atoms with Crippen molar-refractivity contribution in [3.8, 4) is 17.2 Å². The minimum atomic E-state index is -1.82. The number of ether oxygens (including phenoxy) is 1. The first-order chi connectivity index (χ1) is 10.8. The average Bonchev–Trinajstić information content (AvgIpc) is 2.45. The van der Waals surface area contributed by atoms with E-state index >= 15 is 0 Å². The van der Waals surface area contributed by atoms with Crippen LogP contribution in [0.3, 0.4) is 0 Å². The minimum absolute atomic E-state index is 0.0766. The molecule has 0 saturated heterocycles. The molecule has 1 heterocycles. The van der Waals surface area contributed by atoms with E-state index in [0.29, 0.717) is 11.5 Å². The average molecular weight is 328 g/mol. The second-order valence-corrected chi connectivity index (χ2v) is 11.1. The summed E-state index contributed by atoms with van der Waals surface area (Å²) in [4.78, 5) is 12.4. The molecule has 0 aromatic heterocycles. The van der Waals surface area contributed by atoms with E-state index in [-0.39, 0.29) is 29.6 Å². The molecule has 0 aliphatic carbocycles. The van der Waals surface area contributed by atoms with Crippen LogP contribution >= 0.6 is 0 Å². The second kappa shape index (κ2) is 5.74. The first kappa shape index (κ1) is 15.6. The van der Waals surface area contributed by atoms with Gasteiger partial charge in [-0.3, -0.25) is 4.79 Å². The van der Waals surface area contributed by atoms with Crippen LogP contribution < -0.4 is 9.16 Å². The highest BCUT2D eigenvalue weighted by Crippen LogP contribution is 2.42. The molecule has 1 aliphatic heterocycles. The predicted octanol–water partition coefficient (Wildman–Crippen LogP) is 4.31. The van der Waals surface area contributed by atoms with Crippen LogP contribution in [0.5, 0.6) is 17.2 Å². The maximum atomic E-state index is 12.4. The molecule has 0 bridgehead atoms. The van der Waals surface area contributed by atoms with Crippen molar-refractivity contribution in [2.45, 2.75) is 32.2 Å². The summed E-state index contributed by atoms with van der Waals surface area (Å²) in [5.41, 5.74) is 1.20. The molecular formula is C18H20O4Si. The van der Waals surface area contributed by atoms with Gasteiger partial charge < -0.3 is 14.3 Å². The molecule has 4 nitrogen and oxygen atoms in total. The largest absolute Gasteiger partial charge is 0.544 e. The van der Waals surface area contributed by atoms with Gasteiger partial charge in [-0.1, -0.05) is 30.3 Å². The fraction of sp³-hybridized carbons (Fsp3) is 0.278. The van der Waals surface area contributed by atoms with Gasteiger partial charge in [0.25, 0.3) is 0 Å². The van der Waals surface area contributed by atoms with Gasteiger partial charge in [0, 0.05) is 12.1 Å². The zero-order valence-electron chi connectivity index (χ0n) is 13.5. The Morgan fingerprint density at radius 2 is 1.87 bits per heavy atom. The lowest BCUT2D eigenvalue weighted by Crippen LogP contribution is -2.29. The molecule has 0 radical (unpaired) electrons. The Bertz CT molecular complexity index is 735. The molecule has 0 amide bonds. The third-order valence-electron chi connectivity index (χ3n) is 3.57. The van der Waals surface area contributed by atoms with Gasteiger partial charge in [-0.2, -0.15) is 0 Å². The van der Waals surface area contributed by atoms with Crippen LogP contribution in [0.25, 0.3) is 0 Å². The first-order valence-corrected chi connectivity index (χ1v) is 11.0. The van der Waals surface area contributed by atoms with Crippen LogP contribution in [0.4, 0.5) is 0 Å². The Morgan fingerprint density at radius 3 is 2.52 bits per heavy atom. The van der Waals surface area contributed by atoms with Crippen LogP contribution in [0, 0.1) is 0 Å². The third-order valence-corrected chi connectivity index (χ3v) is 4.42. The third kappa shape index (κ3) is 3.40. The number of ketones is 1. The highest BCUT2D eigenvalue weighted by Gasteiger charge is 2.31. The fourth-order valence-electron chi connectivity index (χ4n) is 2.68. The van der Waals surface area contributed by atoms with Gasteiger partial charge in [-0.05, 0) is 25.2 Å². The van der Waals surface area contributed by atoms with E-state index in [2.05, 4.69) is 19.6 Å². The predicted molar refractivity (Wildman–Crippen MR) is 90.8 cm³/mol. The number of benzene rings is 2. The SMILES string of the molecule is C[Si](C)(C)Oc1cc(O)c2c(c1)OC(c1ccccc1)CC2=O. The molecule has 1 N–H and O–H groups in total. The summed E-state index contributed by atoms with van der Waals surface area (Å²) in [5.74, 6) is 0.745. The minimum Gasteiger partial charge on any atom is -0.544 e. The van der Waals surface area contributed by atoms with E-state index < -0.39 is 8.32 Å². The summed E-state index contributed by atoms with van der Waals surface area (Å²) in [5, 5.41) is 10.2. The topological polar surface area (TPSA) is 55.8 Å². The highest BCUT2D eigenvalue weighted by atomic mass is 28.4. The van der Waals surface area contributed by atoms with Crippen molar-refractivity contribution in [1.82, 2.24) is 0 Å². The first-order valence-electron chi connectivity index (χ1n) is 7.64. The molecule has 1 unspecified atom stereocenters. The Hall–Kier alpha value is -2.27. The molecule has 0 saturated carbocycles. The zero-order chi connectivity index (χ0) is 16.6. The summed E-state index contributed by atoms with van der Waals surface area (Å²) in [7, 11) is -1.82. The number of hydrogen-bond acceptors (Lipinski definition) is 4. The quantitative estimate of drug-likeness (QED) is 0.853. The van der Waals surface area contributed by atoms with Gasteiger partial charge in [-0.15, -0.1) is 0 Å². The monoisotopic (exact) mass is 328 g/mol. The Kier molecular flexibility index (Phi) is 3.89. The van der Waals surface area contributed by atoms with Crippen molar-refractivity contribution in [3.05, 3.63) is 53.6 Å². The van der Waals surface area contributed by atoms with Gasteiger partial charge >= 0.3 is 0 Å². The smallest absolute Gasteiger partial charge is 0.242 e. The van der Waals surface area contributed by atoms with E-state index in [1.54, 1.807) is 6.07 Å². The van der Waals surface area contributed by atoms with Crippen molar-refractivity contribution in [2.24, 2.45) is 0 Å². The van der Waals surface area contributed by atoms with Gasteiger partial charge in [-0.25, -0.2) is 0 Å². The zero-order valence-corrected chi connectivity index (χ0v) is 14.5. The molecule has 3 rings (SSSR count). The van der Waals surface area contributed by atoms with Gasteiger partial charge in [0.05, 0.1) is 6.42 Å². The number of carbonyl (C=O) groups is 1. The lowest BCUT2D eigenvalue weighted by molar-refractivity contribution is 0.0845. The van der Waals surface area contributed by atoms with Gasteiger partial charge in [0.1, 0.15) is 28.9 Å². The molecule has 120 valence electrons. The maximum Gasteiger partial charge on any atom is 0.242 e. The highest BCUT2D eigenvalue weighted by molar-refractivity contribution is 6.70. The van der Waals surface area contributed by atoms with E-state index in [4.69, 9.17) is 9.16 Å². The number of Topliss-reactive ketones (excluding diaryl/α,β-unsaturated/α-hetero) is 1. The summed E-state index contributed by atoms with van der Waals surface area (Å²) in [6.45, 7) is 6.17. The normalized spacial score (nSPS) is 17.3. The number of phenols is 1. The Labute approximate surface area is 136 Å². The molecular weight excluding hydrogens is 308 g/mol. The van der Waals surface area contributed by atoms with Gasteiger partial charge in [0.15, 0.2) is 5.78 Å². The summed E-state index contributed by atoms with van der Waals surface area (Å²) in [6, 6.07) is 12.8. The van der Waals surface area contributed by atoms with Crippen molar-refractivity contribution in [1.29, 1.82) is 0 Å². The van der Waals surface area contributed by atoms with Crippen LogP contribution in [0.2, 0.25) is 19.6 Å². The summed E-state index contributed by atoms with van der Waals surface area (Å²) >= 11 is 0. The lowest BCUT2D eigenvalue weighted by Gasteiger charge is -2.27. The van der Waals surface area contributed by atoms with E-state index in [1.807, 2.05) is 30.3 Å². The Balaban J connectivity index is 1.97. The molecule has 5 heteroatoms. The molecule has 0 fully saturated rings. The van der Waals surface area contributed by atoms with Gasteiger partial charge in [0.2, 0.25) is 8.32 Å². The number of phenolic OH excluding ortho intramolecular Hbond substituents is 1. The number of hydrogen-bond donors (Lipinski definition) is 1. The number of aromatic hydroxyl groups is 1. The Morgan fingerprint density at radius 1 is 1.17 bits per heavy atom. The van der Waals surface area contributed by atoms with E-state index in [0.717, 1.165) is 5.56 Å². The number of fused-ring (bicyclic) bond motifs is 1. The van der Waals surface area contributed by atoms with Crippen LogP contribution in [0.1, 0.15) is 28.4 Å². The van der Waals surface area contributed by atoms with Crippen molar-refractivity contribution >= 4 is 14.1 Å². The number of rotatable bonds is 3. The molecule has 23 heavy (non-hydrogen) atoms. The van der Waals surface area contributed by atoms with Crippen molar-refractivity contribution < 1.29 is 19.1 Å². The lowest BCUT2D eigenvalue weighted by atomic mass is 9.95. The van der Waals surface area contributed by atoms with Crippen LogP contribution in [-0.4, -0.2) is 19.2 Å².